The monoisotopic (exact) mass is 340 g/mol. The molecule has 1 heterocycles. The van der Waals surface area contributed by atoms with Gasteiger partial charge in [0, 0.05) is 18.0 Å². The van der Waals surface area contributed by atoms with Gasteiger partial charge < -0.3 is 5.32 Å². The van der Waals surface area contributed by atoms with Crippen molar-refractivity contribution in [2.75, 3.05) is 13.1 Å². The van der Waals surface area contributed by atoms with Crippen LogP contribution in [0.25, 0.3) is 0 Å². The van der Waals surface area contributed by atoms with E-state index in [9.17, 15) is 8.42 Å². The van der Waals surface area contributed by atoms with Gasteiger partial charge in [-0.15, -0.1) is 11.3 Å². The molecule has 0 aliphatic carbocycles. The van der Waals surface area contributed by atoms with Crippen LogP contribution in [0, 0.1) is 0 Å². The molecule has 0 radical (unpaired) electrons. The summed E-state index contributed by atoms with van der Waals surface area (Å²) in [6.45, 7) is 5.26. The Hall–Kier alpha value is 0.0500. The zero-order valence-corrected chi connectivity index (χ0v) is 13.1. The molecule has 1 atom stereocenters. The van der Waals surface area contributed by atoms with Gasteiger partial charge in [0.25, 0.3) is 0 Å². The van der Waals surface area contributed by atoms with Crippen LogP contribution in [0.1, 0.15) is 18.7 Å². The molecule has 0 bridgehead atoms. The zero-order valence-electron chi connectivity index (χ0n) is 9.86. The lowest BCUT2D eigenvalue weighted by atomic mass is 10.5. The van der Waals surface area contributed by atoms with Crippen LogP contribution in [0.3, 0.4) is 0 Å². The maximum absolute atomic E-state index is 11.9. The van der Waals surface area contributed by atoms with Crippen molar-refractivity contribution in [3.8, 4) is 0 Å². The predicted molar refractivity (Wildman–Crippen MR) is 75.8 cm³/mol. The van der Waals surface area contributed by atoms with Crippen molar-refractivity contribution < 1.29 is 8.42 Å². The minimum atomic E-state index is -3.24. The van der Waals surface area contributed by atoms with E-state index in [1.807, 2.05) is 19.1 Å². The standard InChI is InChI=1S/C10H17BrN2O2S2/c1-3-12-6-8(2)17(14,15)13-7-9-4-5-10(11)16-9/h4-5,8,12-13H,3,6-7H2,1-2H3. The van der Waals surface area contributed by atoms with E-state index in [2.05, 4.69) is 26.0 Å². The van der Waals surface area contributed by atoms with Crippen LogP contribution in [0.2, 0.25) is 0 Å². The van der Waals surface area contributed by atoms with Gasteiger partial charge in [0.1, 0.15) is 0 Å². The molecule has 4 nitrogen and oxygen atoms in total. The number of hydrogen-bond acceptors (Lipinski definition) is 4. The molecule has 0 fully saturated rings. The first-order valence-corrected chi connectivity index (χ1v) is 8.54. The Morgan fingerprint density at radius 3 is 2.71 bits per heavy atom. The van der Waals surface area contributed by atoms with Crippen molar-refractivity contribution in [3.63, 3.8) is 0 Å². The molecule has 98 valence electrons. The summed E-state index contributed by atoms with van der Waals surface area (Å²) in [5, 5.41) is 2.61. The second-order valence-corrected chi connectivity index (χ2v) is 8.42. The molecule has 0 amide bonds. The Morgan fingerprint density at radius 1 is 1.47 bits per heavy atom. The molecule has 0 aliphatic rings. The molecule has 2 N–H and O–H groups in total. The first-order valence-electron chi connectivity index (χ1n) is 5.39. The normalized spacial score (nSPS) is 13.8. The molecule has 7 heteroatoms. The van der Waals surface area contributed by atoms with E-state index in [-0.39, 0.29) is 0 Å². The third kappa shape index (κ3) is 5.05. The summed E-state index contributed by atoms with van der Waals surface area (Å²) in [4.78, 5) is 0.996. The van der Waals surface area contributed by atoms with Gasteiger partial charge in [-0.3, -0.25) is 0 Å². The number of halogens is 1. The van der Waals surface area contributed by atoms with E-state index < -0.39 is 15.3 Å². The van der Waals surface area contributed by atoms with Gasteiger partial charge in [-0.1, -0.05) is 6.92 Å². The molecule has 0 saturated heterocycles. The van der Waals surface area contributed by atoms with Gasteiger partial charge in [-0.05, 0) is 41.5 Å². The van der Waals surface area contributed by atoms with Gasteiger partial charge in [0.15, 0.2) is 0 Å². The third-order valence-corrected chi connectivity index (χ3v) is 5.68. The van der Waals surface area contributed by atoms with Crippen LogP contribution < -0.4 is 10.0 Å². The Morgan fingerprint density at radius 2 is 2.18 bits per heavy atom. The quantitative estimate of drug-likeness (QED) is 0.797. The first-order chi connectivity index (χ1) is 7.95. The summed E-state index contributed by atoms with van der Waals surface area (Å²) in [5.41, 5.74) is 0. The lowest BCUT2D eigenvalue weighted by Crippen LogP contribution is -2.38. The van der Waals surface area contributed by atoms with E-state index in [4.69, 9.17) is 0 Å². The molecule has 0 saturated carbocycles. The van der Waals surface area contributed by atoms with Gasteiger partial charge in [-0.25, -0.2) is 13.1 Å². The molecule has 0 aliphatic heterocycles. The number of hydrogen-bond donors (Lipinski definition) is 2. The van der Waals surface area contributed by atoms with Gasteiger partial charge in [0.2, 0.25) is 10.0 Å². The maximum Gasteiger partial charge on any atom is 0.215 e. The van der Waals surface area contributed by atoms with Crippen LogP contribution in [-0.2, 0) is 16.6 Å². The SMILES string of the molecule is CCNCC(C)S(=O)(=O)NCc1ccc(Br)s1. The van der Waals surface area contributed by atoms with Crippen molar-refractivity contribution >= 4 is 37.3 Å². The molecular formula is C10H17BrN2O2S2. The second kappa shape index (κ2) is 6.84. The number of thiophene rings is 1. The summed E-state index contributed by atoms with van der Waals surface area (Å²) in [5.74, 6) is 0. The summed E-state index contributed by atoms with van der Waals surface area (Å²) in [6.07, 6.45) is 0. The topological polar surface area (TPSA) is 58.2 Å². The van der Waals surface area contributed by atoms with Crippen LogP contribution in [0.5, 0.6) is 0 Å². The van der Waals surface area contributed by atoms with Gasteiger partial charge in [-0.2, -0.15) is 0 Å². The number of rotatable bonds is 7. The van der Waals surface area contributed by atoms with E-state index in [1.54, 1.807) is 6.92 Å². The minimum Gasteiger partial charge on any atom is -0.316 e. The maximum atomic E-state index is 11.9. The summed E-state index contributed by atoms with van der Waals surface area (Å²) in [6, 6.07) is 3.82. The van der Waals surface area contributed by atoms with Gasteiger partial charge in [0.05, 0.1) is 9.04 Å². The van der Waals surface area contributed by atoms with Crippen LogP contribution in [0.15, 0.2) is 15.9 Å². The minimum absolute atomic E-state index is 0.356. The highest BCUT2D eigenvalue weighted by atomic mass is 79.9. The largest absolute Gasteiger partial charge is 0.316 e. The highest BCUT2D eigenvalue weighted by Gasteiger charge is 2.19. The van der Waals surface area contributed by atoms with E-state index in [1.165, 1.54) is 11.3 Å². The van der Waals surface area contributed by atoms with Gasteiger partial charge >= 0.3 is 0 Å². The summed E-state index contributed by atoms with van der Waals surface area (Å²) < 4.78 is 27.3. The van der Waals surface area contributed by atoms with Crippen LogP contribution >= 0.6 is 27.3 Å². The van der Waals surface area contributed by atoms with Crippen molar-refractivity contribution in [3.05, 3.63) is 20.8 Å². The average Bonchev–Trinajstić information content (AvgIpc) is 2.69. The van der Waals surface area contributed by atoms with Crippen molar-refractivity contribution in [1.82, 2.24) is 10.0 Å². The lowest BCUT2D eigenvalue weighted by Gasteiger charge is -2.13. The molecule has 1 aromatic rings. The second-order valence-electron chi connectivity index (χ2n) is 3.69. The molecule has 0 aromatic carbocycles. The fourth-order valence-electron chi connectivity index (χ4n) is 1.22. The average molecular weight is 341 g/mol. The molecule has 1 aromatic heterocycles. The lowest BCUT2D eigenvalue weighted by molar-refractivity contribution is 0.560. The highest BCUT2D eigenvalue weighted by molar-refractivity contribution is 9.11. The molecule has 17 heavy (non-hydrogen) atoms. The number of nitrogens with one attached hydrogen (secondary N) is 2. The Labute approximate surface area is 115 Å². The molecule has 0 spiro atoms. The van der Waals surface area contributed by atoms with Crippen molar-refractivity contribution in [2.24, 2.45) is 0 Å². The Bertz CT molecular complexity index is 445. The van der Waals surface area contributed by atoms with Crippen molar-refractivity contribution in [1.29, 1.82) is 0 Å². The number of sulfonamides is 1. The zero-order chi connectivity index (χ0) is 12.9. The van der Waals surface area contributed by atoms with E-state index in [0.29, 0.717) is 13.1 Å². The van der Waals surface area contributed by atoms with E-state index >= 15 is 0 Å². The predicted octanol–water partition coefficient (Wildman–Crippen LogP) is 1.93. The molecular weight excluding hydrogens is 324 g/mol. The fraction of sp³-hybridized carbons (Fsp3) is 0.600. The third-order valence-electron chi connectivity index (χ3n) is 2.29. The highest BCUT2D eigenvalue weighted by Crippen LogP contribution is 2.21. The first kappa shape index (κ1) is 15.1. The molecule has 1 unspecified atom stereocenters. The Balaban J connectivity index is 2.49. The fourth-order valence-corrected chi connectivity index (χ4v) is 3.71. The van der Waals surface area contributed by atoms with E-state index in [0.717, 1.165) is 15.2 Å². The smallest absolute Gasteiger partial charge is 0.215 e. The van der Waals surface area contributed by atoms with Crippen molar-refractivity contribution in [2.45, 2.75) is 25.6 Å². The van der Waals surface area contributed by atoms with Crippen LogP contribution in [0.4, 0.5) is 0 Å². The summed E-state index contributed by atoms with van der Waals surface area (Å²) in [7, 11) is -3.24. The van der Waals surface area contributed by atoms with Crippen LogP contribution in [-0.4, -0.2) is 26.8 Å². The summed E-state index contributed by atoms with van der Waals surface area (Å²) >= 11 is 4.88. The molecule has 1 rings (SSSR count). The Kier molecular flexibility index (Phi) is 6.08.